The maximum absolute atomic E-state index is 12.5. The molecule has 0 amide bonds. The van der Waals surface area contributed by atoms with Crippen LogP contribution in [0.15, 0.2) is 66.9 Å². The number of rotatable bonds is 8. The minimum Gasteiger partial charge on any atom is -0.489 e. The van der Waals surface area contributed by atoms with Crippen LogP contribution in [0.25, 0.3) is 0 Å². The number of piperazine rings is 1. The van der Waals surface area contributed by atoms with Crippen LogP contribution in [0.2, 0.25) is 0 Å². The van der Waals surface area contributed by atoms with Crippen LogP contribution in [0.1, 0.15) is 40.9 Å². The van der Waals surface area contributed by atoms with Crippen molar-refractivity contribution in [1.29, 1.82) is 5.26 Å². The van der Waals surface area contributed by atoms with Gasteiger partial charge < -0.3 is 14.4 Å². The second-order valence-corrected chi connectivity index (χ2v) is 8.83. The predicted octanol–water partition coefficient (Wildman–Crippen LogP) is 4.42. The van der Waals surface area contributed by atoms with Gasteiger partial charge in [0.05, 0.1) is 17.7 Å². The van der Waals surface area contributed by atoms with Crippen molar-refractivity contribution in [3.05, 3.63) is 89.1 Å². The molecule has 0 radical (unpaired) electrons. The van der Waals surface area contributed by atoms with E-state index in [9.17, 15) is 4.79 Å². The minimum atomic E-state index is -0.327. The first-order valence-electron chi connectivity index (χ1n) is 11.9. The zero-order valence-electron chi connectivity index (χ0n) is 20.2. The van der Waals surface area contributed by atoms with Gasteiger partial charge in [-0.3, -0.25) is 4.90 Å². The van der Waals surface area contributed by atoms with E-state index >= 15 is 0 Å². The molecule has 0 spiro atoms. The molecular weight excluding hydrogens is 440 g/mol. The van der Waals surface area contributed by atoms with Crippen molar-refractivity contribution in [2.75, 3.05) is 31.1 Å². The fraction of sp³-hybridized carbons (Fsp3) is 0.321. The van der Waals surface area contributed by atoms with Crippen LogP contribution in [0.4, 0.5) is 5.82 Å². The molecule has 1 saturated heterocycles. The van der Waals surface area contributed by atoms with Gasteiger partial charge in [0.2, 0.25) is 0 Å². The largest absolute Gasteiger partial charge is 0.489 e. The van der Waals surface area contributed by atoms with Gasteiger partial charge in [0.25, 0.3) is 0 Å². The molecule has 4 rings (SSSR count). The number of nitrogens with zero attached hydrogens (tertiary/aromatic N) is 4. The van der Waals surface area contributed by atoms with E-state index in [-0.39, 0.29) is 12.1 Å². The van der Waals surface area contributed by atoms with Gasteiger partial charge in [0.15, 0.2) is 0 Å². The van der Waals surface area contributed by atoms with E-state index in [1.54, 1.807) is 30.5 Å². The van der Waals surface area contributed by atoms with Gasteiger partial charge >= 0.3 is 5.97 Å². The van der Waals surface area contributed by atoms with Crippen LogP contribution < -0.4 is 9.64 Å². The highest BCUT2D eigenvalue weighted by Crippen LogP contribution is 2.22. The summed E-state index contributed by atoms with van der Waals surface area (Å²) in [5.41, 5.74) is 3.42. The lowest BCUT2D eigenvalue weighted by Crippen LogP contribution is -2.46. The highest BCUT2D eigenvalue weighted by atomic mass is 16.5. The Labute approximate surface area is 206 Å². The van der Waals surface area contributed by atoms with E-state index in [0.717, 1.165) is 44.0 Å². The van der Waals surface area contributed by atoms with E-state index in [4.69, 9.17) is 14.7 Å². The topological polar surface area (TPSA) is 78.7 Å². The van der Waals surface area contributed by atoms with Gasteiger partial charge in [-0.1, -0.05) is 24.3 Å². The highest BCUT2D eigenvalue weighted by molar-refractivity contribution is 5.94. The van der Waals surface area contributed by atoms with Crippen molar-refractivity contribution >= 4 is 11.8 Å². The summed E-state index contributed by atoms with van der Waals surface area (Å²) in [7, 11) is 0. The molecule has 0 atom stereocenters. The van der Waals surface area contributed by atoms with E-state index in [1.165, 1.54) is 5.56 Å². The molecular formula is C28H30N4O3. The predicted molar refractivity (Wildman–Crippen MR) is 134 cm³/mol. The number of carbonyl (C=O) groups is 1. The molecule has 1 aromatic heterocycles. The number of nitriles is 1. The summed E-state index contributed by atoms with van der Waals surface area (Å²) < 4.78 is 11.3. The van der Waals surface area contributed by atoms with E-state index in [2.05, 4.69) is 33.0 Å². The Morgan fingerprint density at radius 1 is 1.00 bits per heavy atom. The summed E-state index contributed by atoms with van der Waals surface area (Å²) in [4.78, 5) is 21.5. The molecule has 1 aliphatic heterocycles. The van der Waals surface area contributed by atoms with Crippen molar-refractivity contribution < 1.29 is 14.3 Å². The SMILES string of the molecule is CC(C)OC(=O)c1cccnc1N1CCN(Cc2ccc(OCc3ccc(C#N)cc3)cc2)CC1. The van der Waals surface area contributed by atoms with Gasteiger partial charge in [0, 0.05) is 38.9 Å². The first-order valence-corrected chi connectivity index (χ1v) is 11.9. The van der Waals surface area contributed by atoms with Crippen LogP contribution in [0, 0.1) is 11.3 Å². The summed E-state index contributed by atoms with van der Waals surface area (Å²) in [5.74, 6) is 1.19. The molecule has 2 heterocycles. The van der Waals surface area contributed by atoms with Crippen LogP contribution >= 0.6 is 0 Å². The van der Waals surface area contributed by atoms with Crippen molar-refractivity contribution in [2.45, 2.75) is 33.1 Å². The Morgan fingerprint density at radius 2 is 1.69 bits per heavy atom. The number of ether oxygens (including phenoxy) is 2. The van der Waals surface area contributed by atoms with Gasteiger partial charge in [-0.15, -0.1) is 0 Å². The maximum Gasteiger partial charge on any atom is 0.342 e. The first kappa shape index (κ1) is 24.2. The van der Waals surface area contributed by atoms with Crippen molar-refractivity contribution in [1.82, 2.24) is 9.88 Å². The number of pyridine rings is 1. The zero-order chi connectivity index (χ0) is 24.6. The third-order valence-corrected chi connectivity index (χ3v) is 5.84. The maximum atomic E-state index is 12.5. The second kappa shape index (κ2) is 11.5. The number of benzene rings is 2. The summed E-state index contributed by atoms with van der Waals surface area (Å²) in [6, 6.07) is 21.3. The summed E-state index contributed by atoms with van der Waals surface area (Å²) in [6.07, 6.45) is 1.55. The van der Waals surface area contributed by atoms with Gasteiger partial charge in [-0.2, -0.15) is 5.26 Å². The summed E-state index contributed by atoms with van der Waals surface area (Å²) >= 11 is 0. The standard InChI is InChI=1S/C28H30N4O3/c1-21(2)35-28(33)26-4-3-13-30-27(26)32-16-14-31(15-17-32)19-23-9-11-25(12-10-23)34-20-24-7-5-22(18-29)6-8-24/h3-13,21H,14-17,19-20H2,1-2H3. The van der Waals surface area contributed by atoms with Crippen molar-refractivity contribution in [2.24, 2.45) is 0 Å². The lowest BCUT2D eigenvalue weighted by Gasteiger charge is -2.36. The second-order valence-electron chi connectivity index (χ2n) is 8.83. The molecule has 7 heteroatoms. The molecule has 0 unspecified atom stereocenters. The molecule has 1 aliphatic rings. The Hall–Kier alpha value is -3.89. The zero-order valence-corrected chi connectivity index (χ0v) is 20.2. The van der Waals surface area contributed by atoms with Crippen LogP contribution in [-0.4, -0.2) is 48.1 Å². The lowest BCUT2D eigenvalue weighted by molar-refractivity contribution is 0.0378. The number of aromatic nitrogens is 1. The fourth-order valence-corrected chi connectivity index (χ4v) is 4.00. The summed E-state index contributed by atoms with van der Waals surface area (Å²) in [5, 5.41) is 8.90. The van der Waals surface area contributed by atoms with Crippen molar-refractivity contribution in [3.8, 4) is 11.8 Å². The minimum absolute atomic E-state index is 0.167. The molecule has 3 aromatic rings. The number of carbonyl (C=O) groups excluding carboxylic acids is 1. The number of hydrogen-bond acceptors (Lipinski definition) is 7. The fourth-order valence-electron chi connectivity index (χ4n) is 4.00. The Bertz CT molecular complexity index is 1160. The smallest absolute Gasteiger partial charge is 0.342 e. The van der Waals surface area contributed by atoms with Gasteiger partial charge in [-0.05, 0) is 61.4 Å². The molecule has 0 saturated carbocycles. The normalized spacial score (nSPS) is 13.9. The quantitative estimate of drug-likeness (QED) is 0.451. The highest BCUT2D eigenvalue weighted by Gasteiger charge is 2.23. The molecule has 0 aliphatic carbocycles. The van der Waals surface area contributed by atoms with Crippen LogP contribution in [0.5, 0.6) is 5.75 Å². The average molecular weight is 471 g/mol. The Kier molecular flexibility index (Phi) is 7.96. The van der Waals surface area contributed by atoms with Gasteiger partial charge in [0.1, 0.15) is 23.7 Å². The van der Waals surface area contributed by atoms with Crippen LogP contribution in [0.3, 0.4) is 0 Å². The molecule has 1 fully saturated rings. The molecule has 180 valence electrons. The molecule has 7 nitrogen and oxygen atoms in total. The van der Waals surface area contributed by atoms with E-state index in [1.807, 2.05) is 38.1 Å². The number of hydrogen-bond donors (Lipinski definition) is 0. The van der Waals surface area contributed by atoms with E-state index in [0.29, 0.717) is 23.6 Å². The number of anilines is 1. The Morgan fingerprint density at radius 3 is 2.34 bits per heavy atom. The van der Waals surface area contributed by atoms with Crippen molar-refractivity contribution in [3.63, 3.8) is 0 Å². The molecule has 2 aromatic carbocycles. The van der Waals surface area contributed by atoms with Crippen LogP contribution in [-0.2, 0) is 17.9 Å². The lowest BCUT2D eigenvalue weighted by atomic mass is 10.1. The Balaban J connectivity index is 1.28. The summed E-state index contributed by atoms with van der Waals surface area (Å²) in [6.45, 7) is 8.37. The van der Waals surface area contributed by atoms with Gasteiger partial charge in [-0.25, -0.2) is 9.78 Å². The average Bonchev–Trinajstić information content (AvgIpc) is 2.89. The molecule has 0 bridgehead atoms. The molecule has 0 N–H and O–H groups in total. The number of esters is 1. The van der Waals surface area contributed by atoms with E-state index < -0.39 is 0 Å². The first-order chi connectivity index (χ1) is 17.0. The molecule has 35 heavy (non-hydrogen) atoms. The monoisotopic (exact) mass is 470 g/mol. The third kappa shape index (κ3) is 6.58. The third-order valence-electron chi connectivity index (χ3n) is 5.84.